The largest absolute Gasteiger partial charge is 0.378 e. The van der Waals surface area contributed by atoms with Crippen LogP contribution in [-0.4, -0.2) is 50.3 Å². The Hall–Kier alpha value is -0.120. The van der Waals surface area contributed by atoms with Crippen LogP contribution >= 0.6 is 0 Å². The zero-order chi connectivity index (χ0) is 8.81. The molecule has 2 rings (SSSR count). The topological polar surface area (TPSA) is 24.5 Å². The third kappa shape index (κ3) is 2.44. The minimum absolute atomic E-state index is 0.738. The number of nitrogens with one attached hydrogen (secondary N) is 1. The van der Waals surface area contributed by atoms with E-state index in [1.165, 1.54) is 13.1 Å². The van der Waals surface area contributed by atoms with E-state index in [0.717, 1.165) is 32.3 Å². The average Bonchev–Trinajstić information content (AvgIpc) is 2.07. The summed E-state index contributed by atoms with van der Waals surface area (Å²) >= 11 is 0. The first-order chi connectivity index (χ1) is 5.97. The maximum Gasteiger partial charge on any atom is 0.0645 e. The van der Waals surface area contributed by atoms with Gasteiger partial charge in [-0.1, -0.05) is 13.8 Å². The molecule has 2 heterocycles. The molecule has 0 aliphatic carbocycles. The molecule has 3 heteroatoms. The van der Waals surface area contributed by atoms with Gasteiger partial charge in [-0.05, 0) is 0 Å². The Labute approximate surface area is 75.1 Å². The maximum atomic E-state index is 5.13. The Morgan fingerprint density at radius 2 is 1.75 bits per heavy atom. The van der Waals surface area contributed by atoms with Crippen LogP contribution in [0.1, 0.15) is 13.8 Å². The smallest absolute Gasteiger partial charge is 0.0645 e. The Bertz CT molecular complexity index is 109. The quantitative estimate of drug-likeness (QED) is 0.616. The second-order valence-electron chi connectivity index (χ2n) is 2.98. The lowest BCUT2D eigenvalue weighted by Gasteiger charge is -2.39. The highest BCUT2D eigenvalue weighted by Crippen LogP contribution is 2.09. The van der Waals surface area contributed by atoms with E-state index in [9.17, 15) is 0 Å². The van der Waals surface area contributed by atoms with Gasteiger partial charge in [-0.3, -0.25) is 4.90 Å². The first kappa shape index (κ1) is 9.96. The summed E-state index contributed by atoms with van der Waals surface area (Å²) in [6.45, 7) is 10.6. The lowest BCUT2D eigenvalue weighted by molar-refractivity contribution is -0.0677. The minimum atomic E-state index is 0.738. The van der Waals surface area contributed by atoms with Gasteiger partial charge in [0.2, 0.25) is 0 Å². The van der Waals surface area contributed by atoms with Crippen molar-refractivity contribution in [2.75, 3.05) is 39.4 Å². The zero-order valence-corrected chi connectivity index (χ0v) is 8.18. The molecule has 2 aliphatic rings. The molecule has 0 bridgehead atoms. The van der Waals surface area contributed by atoms with E-state index in [2.05, 4.69) is 10.2 Å². The van der Waals surface area contributed by atoms with Gasteiger partial charge >= 0.3 is 0 Å². The van der Waals surface area contributed by atoms with Crippen molar-refractivity contribution in [3.05, 3.63) is 0 Å². The Kier molecular flexibility index (Phi) is 4.58. The van der Waals surface area contributed by atoms with Crippen LogP contribution in [0.4, 0.5) is 0 Å². The number of rotatable bonds is 1. The molecule has 0 saturated carbocycles. The van der Waals surface area contributed by atoms with Crippen LogP contribution in [0.25, 0.3) is 0 Å². The summed E-state index contributed by atoms with van der Waals surface area (Å²) in [4.78, 5) is 2.51. The monoisotopic (exact) mass is 172 g/mol. The van der Waals surface area contributed by atoms with Crippen LogP contribution in [0.3, 0.4) is 0 Å². The fourth-order valence-electron chi connectivity index (χ4n) is 1.48. The van der Waals surface area contributed by atoms with Crippen molar-refractivity contribution in [1.29, 1.82) is 0 Å². The van der Waals surface area contributed by atoms with Gasteiger partial charge in [0.25, 0.3) is 0 Å². The molecule has 0 radical (unpaired) electrons. The molecule has 0 unspecified atom stereocenters. The summed E-state index contributed by atoms with van der Waals surface area (Å²) in [5, 5.41) is 3.34. The fourth-order valence-corrected chi connectivity index (χ4v) is 1.48. The number of hydrogen-bond acceptors (Lipinski definition) is 3. The van der Waals surface area contributed by atoms with Crippen molar-refractivity contribution in [2.24, 2.45) is 0 Å². The molecule has 0 atom stereocenters. The molecule has 12 heavy (non-hydrogen) atoms. The zero-order valence-electron chi connectivity index (χ0n) is 8.18. The summed E-state index contributed by atoms with van der Waals surface area (Å²) in [7, 11) is 0. The van der Waals surface area contributed by atoms with E-state index in [1.54, 1.807) is 0 Å². The second kappa shape index (κ2) is 5.51. The van der Waals surface area contributed by atoms with E-state index in [-0.39, 0.29) is 0 Å². The van der Waals surface area contributed by atoms with Crippen LogP contribution in [0.15, 0.2) is 0 Å². The van der Waals surface area contributed by atoms with Crippen LogP contribution < -0.4 is 5.32 Å². The Morgan fingerprint density at radius 1 is 1.17 bits per heavy atom. The molecule has 2 aliphatic heterocycles. The van der Waals surface area contributed by atoms with Crippen LogP contribution in [0.5, 0.6) is 0 Å². The third-order valence-corrected chi connectivity index (χ3v) is 2.29. The van der Waals surface area contributed by atoms with Gasteiger partial charge in [-0.25, -0.2) is 0 Å². The molecule has 2 saturated heterocycles. The normalized spacial score (nSPS) is 25.5. The van der Waals surface area contributed by atoms with Gasteiger partial charge in [-0.2, -0.15) is 0 Å². The standard InChI is InChI=1S/C7H14N2O.C2H6/c1-3-9(4-2-8-1)7-5-10-6-7;1-2/h7-8H,1-6H2;1-2H3. The predicted molar refractivity (Wildman–Crippen MR) is 50.4 cm³/mol. The van der Waals surface area contributed by atoms with Gasteiger partial charge in [0.15, 0.2) is 0 Å². The van der Waals surface area contributed by atoms with Crippen molar-refractivity contribution < 1.29 is 4.74 Å². The molecule has 0 aromatic rings. The Morgan fingerprint density at radius 3 is 2.17 bits per heavy atom. The predicted octanol–water partition coefficient (Wildman–Crippen LogP) is 0.317. The van der Waals surface area contributed by atoms with E-state index < -0.39 is 0 Å². The lowest BCUT2D eigenvalue weighted by atomic mass is 10.2. The van der Waals surface area contributed by atoms with Gasteiger partial charge in [0, 0.05) is 26.2 Å². The molecular weight excluding hydrogens is 152 g/mol. The molecule has 0 aromatic heterocycles. The van der Waals surface area contributed by atoms with Crippen molar-refractivity contribution in [2.45, 2.75) is 19.9 Å². The molecule has 0 aromatic carbocycles. The van der Waals surface area contributed by atoms with Gasteiger partial charge in [0.05, 0.1) is 19.3 Å². The van der Waals surface area contributed by atoms with E-state index in [1.807, 2.05) is 13.8 Å². The highest BCUT2D eigenvalue weighted by molar-refractivity contribution is 4.80. The summed E-state index contributed by atoms with van der Waals surface area (Å²) in [5.41, 5.74) is 0. The second-order valence-corrected chi connectivity index (χ2v) is 2.98. The first-order valence-corrected chi connectivity index (χ1v) is 4.99. The fraction of sp³-hybridized carbons (Fsp3) is 1.00. The third-order valence-electron chi connectivity index (χ3n) is 2.29. The van der Waals surface area contributed by atoms with Crippen molar-refractivity contribution in [1.82, 2.24) is 10.2 Å². The van der Waals surface area contributed by atoms with Crippen LogP contribution in [0.2, 0.25) is 0 Å². The van der Waals surface area contributed by atoms with Crippen molar-refractivity contribution in [3.63, 3.8) is 0 Å². The first-order valence-electron chi connectivity index (χ1n) is 4.99. The number of nitrogens with zero attached hydrogens (tertiary/aromatic N) is 1. The van der Waals surface area contributed by atoms with E-state index in [4.69, 9.17) is 4.74 Å². The molecule has 0 spiro atoms. The lowest BCUT2D eigenvalue weighted by Crippen LogP contribution is -2.55. The SMILES string of the molecule is C1CN(C2COC2)CCN1.CC. The molecule has 3 nitrogen and oxygen atoms in total. The summed E-state index contributed by atoms with van der Waals surface area (Å²) in [5.74, 6) is 0. The summed E-state index contributed by atoms with van der Waals surface area (Å²) in [6, 6.07) is 0.738. The Balaban J connectivity index is 0.000000336. The van der Waals surface area contributed by atoms with Gasteiger partial charge < -0.3 is 10.1 Å². The maximum absolute atomic E-state index is 5.13. The number of piperazine rings is 1. The molecule has 0 amide bonds. The number of hydrogen-bond donors (Lipinski definition) is 1. The summed E-state index contributed by atoms with van der Waals surface area (Å²) in [6.07, 6.45) is 0. The van der Waals surface area contributed by atoms with Crippen LogP contribution in [0, 0.1) is 0 Å². The highest BCUT2D eigenvalue weighted by atomic mass is 16.5. The van der Waals surface area contributed by atoms with Crippen LogP contribution in [-0.2, 0) is 4.74 Å². The summed E-state index contributed by atoms with van der Waals surface area (Å²) < 4.78 is 5.13. The van der Waals surface area contributed by atoms with Gasteiger partial charge in [-0.15, -0.1) is 0 Å². The molecule has 2 fully saturated rings. The average molecular weight is 172 g/mol. The number of ether oxygens (including phenoxy) is 1. The molecule has 1 N–H and O–H groups in total. The van der Waals surface area contributed by atoms with E-state index in [0.29, 0.717) is 0 Å². The molecule has 72 valence electrons. The van der Waals surface area contributed by atoms with Crippen molar-refractivity contribution in [3.8, 4) is 0 Å². The minimum Gasteiger partial charge on any atom is -0.378 e. The highest BCUT2D eigenvalue weighted by Gasteiger charge is 2.26. The molecular formula is C9H20N2O. The van der Waals surface area contributed by atoms with Crippen molar-refractivity contribution >= 4 is 0 Å². The van der Waals surface area contributed by atoms with E-state index >= 15 is 0 Å². The van der Waals surface area contributed by atoms with Gasteiger partial charge in [0.1, 0.15) is 0 Å².